The van der Waals surface area contributed by atoms with Gasteiger partial charge < -0.3 is 0 Å². The molecule has 3 heteroatoms. The first-order valence-electron chi connectivity index (χ1n) is 8.73. The molecule has 0 atom stereocenters. The minimum absolute atomic E-state index is 0.596. The predicted molar refractivity (Wildman–Crippen MR) is 93.4 cm³/mol. The molecule has 1 aromatic heterocycles. The first-order valence-corrected chi connectivity index (χ1v) is 11.6. The van der Waals surface area contributed by atoms with E-state index in [0.29, 0.717) is 3.43 Å². The normalized spacial score (nSPS) is 11.8. The van der Waals surface area contributed by atoms with E-state index in [4.69, 9.17) is 4.98 Å². The van der Waals surface area contributed by atoms with E-state index in [1.807, 2.05) is 12.3 Å². The summed E-state index contributed by atoms with van der Waals surface area (Å²) in [6.07, 6.45) is 14.3. The Morgan fingerprint density at radius 2 is 1.48 bits per heavy atom. The molecule has 1 rings (SSSR count). The van der Waals surface area contributed by atoms with Crippen molar-refractivity contribution in [2.24, 2.45) is 0 Å². The zero-order valence-corrected chi connectivity index (χ0v) is 17.3. The van der Waals surface area contributed by atoms with Crippen LogP contribution in [0.25, 0.3) is 0 Å². The van der Waals surface area contributed by atoms with Gasteiger partial charge in [0, 0.05) is 0 Å². The van der Waals surface area contributed by atoms with Crippen LogP contribution in [0, 0.1) is 6.92 Å². The SMILES string of the molecule is CCCC[C](CCCC)(CCCC)[Sn][c]1nccc(C)n1. The molecule has 0 aliphatic carbocycles. The number of hydrogen-bond donors (Lipinski definition) is 0. The van der Waals surface area contributed by atoms with E-state index in [2.05, 4.69) is 32.7 Å². The standard InChI is InChI=1S/C13H27.C5H5N2.Sn/c1-4-7-10-13(11-8-5-2)12-9-6-3;1-5-2-3-6-4-7-5;/h4-12H2,1-3H3;2-3H,1H3;. The molecule has 0 saturated carbocycles. The van der Waals surface area contributed by atoms with Crippen molar-refractivity contribution in [1.29, 1.82) is 0 Å². The van der Waals surface area contributed by atoms with Crippen LogP contribution in [0.1, 0.15) is 84.3 Å². The van der Waals surface area contributed by atoms with Gasteiger partial charge in [0.1, 0.15) is 0 Å². The molecule has 0 N–H and O–H groups in total. The van der Waals surface area contributed by atoms with Crippen molar-refractivity contribution in [3.05, 3.63) is 18.0 Å². The topological polar surface area (TPSA) is 25.8 Å². The van der Waals surface area contributed by atoms with Crippen LogP contribution in [0.15, 0.2) is 12.3 Å². The quantitative estimate of drug-likeness (QED) is 0.501. The zero-order valence-electron chi connectivity index (χ0n) is 14.4. The van der Waals surface area contributed by atoms with Gasteiger partial charge in [-0.1, -0.05) is 0 Å². The predicted octanol–water partition coefficient (Wildman–Crippen LogP) is 4.84. The van der Waals surface area contributed by atoms with E-state index in [9.17, 15) is 0 Å². The van der Waals surface area contributed by atoms with E-state index >= 15 is 0 Å². The maximum absolute atomic E-state index is 4.75. The maximum atomic E-state index is 4.75. The van der Waals surface area contributed by atoms with Gasteiger partial charge in [-0.15, -0.1) is 0 Å². The van der Waals surface area contributed by atoms with Gasteiger partial charge in [-0.25, -0.2) is 0 Å². The number of hydrogen-bond acceptors (Lipinski definition) is 2. The van der Waals surface area contributed by atoms with Gasteiger partial charge in [0.05, 0.1) is 0 Å². The third kappa shape index (κ3) is 7.12. The fraction of sp³-hybridized carbons (Fsp3) is 0.778. The number of rotatable bonds is 11. The molecule has 0 aliphatic heterocycles. The summed E-state index contributed by atoms with van der Waals surface area (Å²) in [4.78, 5) is 9.36. The van der Waals surface area contributed by atoms with Crippen molar-refractivity contribution in [3.8, 4) is 0 Å². The second-order valence-electron chi connectivity index (χ2n) is 6.24. The van der Waals surface area contributed by atoms with E-state index in [-0.39, 0.29) is 0 Å². The fourth-order valence-electron chi connectivity index (χ4n) is 2.85. The van der Waals surface area contributed by atoms with Gasteiger partial charge in [0.2, 0.25) is 0 Å². The van der Waals surface area contributed by atoms with Gasteiger partial charge >= 0.3 is 142 Å². The number of aromatic nitrogens is 2. The summed E-state index contributed by atoms with van der Waals surface area (Å²) in [5.41, 5.74) is 1.14. The van der Waals surface area contributed by atoms with Crippen LogP contribution in [0.5, 0.6) is 0 Å². The van der Waals surface area contributed by atoms with Crippen LogP contribution in [0.4, 0.5) is 0 Å². The van der Waals surface area contributed by atoms with Crippen LogP contribution < -0.4 is 3.84 Å². The second kappa shape index (κ2) is 10.6. The van der Waals surface area contributed by atoms with Crippen molar-refractivity contribution in [2.75, 3.05) is 0 Å². The monoisotopic (exact) mass is 396 g/mol. The Labute approximate surface area is 141 Å². The van der Waals surface area contributed by atoms with Crippen molar-refractivity contribution >= 4 is 25.0 Å². The molecule has 118 valence electrons. The molecular formula is C18H32N2Sn. The van der Waals surface area contributed by atoms with E-state index in [1.165, 1.54) is 61.6 Å². The fourth-order valence-corrected chi connectivity index (χ4v) is 7.85. The molecule has 2 nitrogen and oxygen atoms in total. The summed E-state index contributed by atoms with van der Waals surface area (Å²) in [5.74, 6) is 0. The van der Waals surface area contributed by atoms with Gasteiger partial charge in [-0.2, -0.15) is 0 Å². The van der Waals surface area contributed by atoms with Crippen molar-refractivity contribution < 1.29 is 0 Å². The summed E-state index contributed by atoms with van der Waals surface area (Å²) in [7, 11) is 0. The molecule has 1 aromatic rings. The van der Waals surface area contributed by atoms with E-state index < -0.39 is 21.1 Å². The molecule has 0 bridgehead atoms. The summed E-state index contributed by atoms with van der Waals surface area (Å²) < 4.78 is 1.82. The Balaban J connectivity index is 2.88. The molecule has 0 saturated heterocycles. The number of aryl methyl sites for hydroxylation is 1. The number of unbranched alkanes of at least 4 members (excludes halogenated alkanes) is 3. The Morgan fingerprint density at radius 3 is 1.90 bits per heavy atom. The van der Waals surface area contributed by atoms with E-state index in [1.54, 1.807) is 0 Å². The van der Waals surface area contributed by atoms with Crippen LogP contribution in [0.3, 0.4) is 0 Å². The molecule has 0 aromatic carbocycles. The molecule has 0 unspecified atom stereocenters. The Morgan fingerprint density at radius 1 is 0.952 bits per heavy atom. The summed E-state index contributed by atoms with van der Waals surface area (Å²) >= 11 is -0.739. The Bertz CT molecular complexity index is 371. The van der Waals surface area contributed by atoms with Crippen molar-refractivity contribution in [2.45, 2.75) is 88.9 Å². The van der Waals surface area contributed by atoms with Crippen LogP contribution in [-0.2, 0) is 0 Å². The summed E-state index contributed by atoms with van der Waals surface area (Å²) in [6, 6.07) is 2.02. The van der Waals surface area contributed by atoms with Gasteiger partial charge in [-0.05, 0) is 0 Å². The molecule has 0 fully saturated rings. The summed E-state index contributed by atoms with van der Waals surface area (Å²) in [6.45, 7) is 9.05. The summed E-state index contributed by atoms with van der Waals surface area (Å²) in [5, 5.41) is 0. The second-order valence-corrected chi connectivity index (χ2v) is 11.3. The van der Waals surface area contributed by atoms with Crippen molar-refractivity contribution in [1.82, 2.24) is 9.97 Å². The average molecular weight is 395 g/mol. The minimum atomic E-state index is -0.739. The van der Waals surface area contributed by atoms with Crippen molar-refractivity contribution in [3.63, 3.8) is 0 Å². The zero-order chi connectivity index (χ0) is 15.6. The molecule has 0 spiro atoms. The van der Waals surface area contributed by atoms with Gasteiger partial charge in [0.25, 0.3) is 0 Å². The number of nitrogens with zero attached hydrogens (tertiary/aromatic N) is 2. The molecule has 0 aliphatic rings. The average Bonchev–Trinajstić information content (AvgIpc) is 2.48. The molecule has 1 heterocycles. The van der Waals surface area contributed by atoms with E-state index in [0.717, 1.165) is 5.69 Å². The Hall–Kier alpha value is -0.121. The third-order valence-electron chi connectivity index (χ3n) is 4.20. The van der Waals surface area contributed by atoms with Gasteiger partial charge in [0.15, 0.2) is 0 Å². The first-order chi connectivity index (χ1) is 10.2. The molecule has 2 radical (unpaired) electrons. The van der Waals surface area contributed by atoms with Crippen LogP contribution >= 0.6 is 0 Å². The third-order valence-corrected chi connectivity index (χ3v) is 9.18. The molecule has 21 heavy (non-hydrogen) atoms. The molecular weight excluding hydrogens is 363 g/mol. The first kappa shape index (κ1) is 18.9. The van der Waals surface area contributed by atoms with Gasteiger partial charge in [-0.3, -0.25) is 0 Å². The molecule has 0 amide bonds. The Kier molecular flexibility index (Phi) is 9.53. The van der Waals surface area contributed by atoms with Crippen LogP contribution in [0.2, 0.25) is 3.43 Å². The van der Waals surface area contributed by atoms with Crippen LogP contribution in [-0.4, -0.2) is 31.1 Å².